The van der Waals surface area contributed by atoms with Gasteiger partial charge in [-0.25, -0.2) is 4.98 Å². The summed E-state index contributed by atoms with van der Waals surface area (Å²) in [6, 6.07) is 9.84. The van der Waals surface area contributed by atoms with Crippen LogP contribution in [0.1, 0.15) is 21.7 Å². The zero-order valence-corrected chi connectivity index (χ0v) is 16.4. The molecule has 2 amide bonds. The van der Waals surface area contributed by atoms with Crippen LogP contribution in [0, 0.1) is 13.8 Å². The van der Waals surface area contributed by atoms with E-state index in [1.54, 1.807) is 6.08 Å². The Hall–Kier alpha value is -2.64. The Morgan fingerprint density at radius 2 is 2.07 bits per heavy atom. The fraction of sp³-hybridized carbons (Fsp3) is 0.150. The first-order valence-electron chi connectivity index (χ1n) is 8.32. The summed E-state index contributed by atoms with van der Waals surface area (Å²) in [5.41, 5.74) is 3.68. The number of benzene rings is 1. The van der Waals surface area contributed by atoms with Gasteiger partial charge in [-0.05, 0) is 54.8 Å². The number of nitrogens with zero attached hydrogens (tertiary/aromatic N) is 2. The fourth-order valence-corrected chi connectivity index (χ4v) is 4.42. The van der Waals surface area contributed by atoms with Crippen LogP contribution in [0.4, 0.5) is 4.79 Å². The highest BCUT2D eigenvalue weighted by molar-refractivity contribution is 8.18. The second-order valence-corrected chi connectivity index (χ2v) is 8.22. The van der Waals surface area contributed by atoms with Crippen LogP contribution in [0.15, 0.2) is 51.3 Å². The van der Waals surface area contributed by atoms with Gasteiger partial charge in [0.15, 0.2) is 0 Å². The summed E-state index contributed by atoms with van der Waals surface area (Å²) >= 11 is 2.48. The molecule has 1 saturated heterocycles. The Bertz CT molecular complexity index is 1050. The van der Waals surface area contributed by atoms with Gasteiger partial charge in [0.2, 0.25) is 5.89 Å². The molecule has 2 aromatic heterocycles. The number of thiophene rings is 1. The minimum absolute atomic E-state index is 0.0981. The number of hydrogen-bond donors (Lipinski definition) is 0. The van der Waals surface area contributed by atoms with Crippen molar-refractivity contribution in [2.24, 2.45) is 0 Å². The van der Waals surface area contributed by atoms with Gasteiger partial charge in [0.1, 0.15) is 6.26 Å². The van der Waals surface area contributed by atoms with E-state index in [9.17, 15) is 9.59 Å². The quantitative estimate of drug-likeness (QED) is 0.563. The summed E-state index contributed by atoms with van der Waals surface area (Å²) in [6.07, 6.45) is 3.25. The lowest BCUT2D eigenvalue weighted by molar-refractivity contribution is -0.123. The van der Waals surface area contributed by atoms with E-state index in [-0.39, 0.29) is 17.7 Å². The third-order valence-corrected chi connectivity index (χ3v) is 5.90. The first-order chi connectivity index (χ1) is 13.0. The van der Waals surface area contributed by atoms with E-state index in [1.165, 1.54) is 28.1 Å². The fourth-order valence-electron chi connectivity index (χ4n) is 2.86. The second kappa shape index (κ2) is 7.17. The summed E-state index contributed by atoms with van der Waals surface area (Å²) in [6.45, 7) is 4.13. The molecular formula is C20H16N2O3S2. The molecule has 0 aliphatic carbocycles. The molecular weight excluding hydrogens is 380 g/mol. The van der Waals surface area contributed by atoms with Crippen LogP contribution in [0.3, 0.4) is 0 Å². The number of carbonyl (C=O) groups is 2. The molecule has 3 heterocycles. The first-order valence-corrected chi connectivity index (χ1v) is 10.0. The van der Waals surface area contributed by atoms with Crippen LogP contribution in [0.5, 0.6) is 0 Å². The number of carbonyl (C=O) groups excluding carboxylic acids is 2. The van der Waals surface area contributed by atoms with Crippen molar-refractivity contribution in [2.75, 3.05) is 0 Å². The van der Waals surface area contributed by atoms with Gasteiger partial charge in [-0.15, -0.1) is 11.3 Å². The number of rotatable bonds is 4. The van der Waals surface area contributed by atoms with Crippen LogP contribution in [0.2, 0.25) is 0 Å². The number of thioether (sulfide) groups is 1. The van der Waals surface area contributed by atoms with Crippen molar-refractivity contribution in [3.8, 4) is 11.5 Å². The third-order valence-electron chi connectivity index (χ3n) is 4.17. The summed E-state index contributed by atoms with van der Waals surface area (Å²) in [5.74, 6) is 0.193. The molecule has 4 rings (SSSR count). The molecule has 5 nitrogen and oxygen atoms in total. The average Bonchev–Trinajstić information content (AvgIpc) is 3.34. The van der Waals surface area contributed by atoms with E-state index in [4.69, 9.17) is 4.42 Å². The van der Waals surface area contributed by atoms with Crippen LogP contribution in [-0.4, -0.2) is 21.0 Å². The molecule has 0 atom stereocenters. The minimum Gasteiger partial charge on any atom is -0.444 e. The Balaban J connectivity index is 1.54. The molecule has 0 unspecified atom stereocenters. The molecule has 1 aromatic carbocycles. The number of hydrogen-bond acceptors (Lipinski definition) is 6. The zero-order valence-electron chi connectivity index (χ0n) is 14.8. The predicted octanol–water partition coefficient (Wildman–Crippen LogP) is 5.26. The average molecular weight is 396 g/mol. The van der Waals surface area contributed by atoms with Crippen molar-refractivity contribution in [2.45, 2.75) is 20.4 Å². The lowest BCUT2D eigenvalue weighted by Crippen LogP contribution is -2.27. The summed E-state index contributed by atoms with van der Waals surface area (Å²) in [5, 5.41) is 1.64. The van der Waals surface area contributed by atoms with E-state index in [0.29, 0.717) is 16.5 Å². The number of oxazole rings is 1. The van der Waals surface area contributed by atoms with Crippen LogP contribution >= 0.6 is 23.1 Å². The van der Waals surface area contributed by atoms with Crippen LogP contribution in [-0.2, 0) is 11.3 Å². The maximum atomic E-state index is 12.6. The molecule has 1 aliphatic heterocycles. The first kappa shape index (κ1) is 17.8. The van der Waals surface area contributed by atoms with Crippen molar-refractivity contribution in [1.82, 2.24) is 9.88 Å². The Labute approximate surface area is 164 Å². The molecule has 0 N–H and O–H groups in total. The summed E-state index contributed by atoms with van der Waals surface area (Å²) in [4.78, 5) is 31.9. The molecule has 0 saturated carbocycles. The number of aromatic nitrogens is 1. The molecule has 0 bridgehead atoms. The van der Waals surface area contributed by atoms with Gasteiger partial charge < -0.3 is 4.42 Å². The van der Waals surface area contributed by atoms with Gasteiger partial charge in [0.25, 0.3) is 11.1 Å². The SMILES string of the molecule is Cc1ccc(-c2nc(CN3C(=O)S/C(=C\c4cccs4)C3=O)co2)c(C)c1. The van der Waals surface area contributed by atoms with Gasteiger partial charge in [-0.1, -0.05) is 23.8 Å². The van der Waals surface area contributed by atoms with E-state index in [0.717, 1.165) is 27.8 Å². The highest BCUT2D eigenvalue weighted by Crippen LogP contribution is 2.34. The molecule has 27 heavy (non-hydrogen) atoms. The van der Waals surface area contributed by atoms with Crippen molar-refractivity contribution >= 4 is 40.3 Å². The van der Waals surface area contributed by atoms with E-state index < -0.39 is 0 Å². The predicted molar refractivity (Wildman–Crippen MR) is 107 cm³/mol. The maximum absolute atomic E-state index is 12.6. The molecule has 1 aliphatic rings. The third kappa shape index (κ3) is 3.61. The lowest BCUT2D eigenvalue weighted by atomic mass is 10.1. The van der Waals surface area contributed by atoms with Crippen LogP contribution in [0.25, 0.3) is 17.5 Å². The number of imide groups is 1. The van der Waals surface area contributed by atoms with Gasteiger partial charge in [-0.3, -0.25) is 14.5 Å². The molecule has 136 valence electrons. The second-order valence-electron chi connectivity index (χ2n) is 6.25. The largest absolute Gasteiger partial charge is 0.444 e. The molecule has 3 aromatic rings. The standard InChI is InChI=1S/C20H16N2O3S2/c1-12-5-6-16(13(2)8-12)18-21-14(11-25-18)10-22-19(23)17(27-20(22)24)9-15-4-3-7-26-15/h3-9,11H,10H2,1-2H3/b17-9-. The zero-order chi connectivity index (χ0) is 19.0. The normalized spacial score (nSPS) is 15.9. The highest BCUT2D eigenvalue weighted by Gasteiger charge is 2.35. The number of aryl methyl sites for hydroxylation is 2. The Kier molecular flexibility index (Phi) is 4.72. The van der Waals surface area contributed by atoms with Crippen molar-refractivity contribution < 1.29 is 14.0 Å². The summed E-state index contributed by atoms with van der Waals surface area (Å²) in [7, 11) is 0. The Morgan fingerprint density at radius 3 is 2.81 bits per heavy atom. The molecule has 7 heteroatoms. The highest BCUT2D eigenvalue weighted by atomic mass is 32.2. The number of amides is 2. The van der Waals surface area contributed by atoms with Gasteiger partial charge in [-0.2, -0.15) is 0 Å². The van der Waals surface area contributed by atoms with Gasteiger partial charge in [0, 0.05) is 10.4 Å². The monoisotopic (exact) mass is 396 g/mol. The van der Waals surface area contributed by atoms with Crippen molar-refractivity contribution in [1.29, 1.82) is 0 Å². The smallest absolute Gasteiger partial charge is 0.293 e. The van der Waals surface area contributed by atoms with E-state index >= 15 is 0 Å². The topological polar surface area (TPSA) is 63.4 Å². The van der Waals surface area contributed by atoms with Crippen molar-refractivity contribution in [3.05, 3.63) is 68.6 Å². The molecule has 1 fully saturated rings. The maximum Gasteiger partial charge on any atom is 0.293 e. The van der Waals surface area contributed by atoms with Crippen molar-refractivity contribution in [3.63, 3.8) is 0 Å². The molecule has 0 spiro atoms. The lowest BCUT2D eigenvalue weighted by Gasteiger charge is -2.09. The van der Waals surface area contributed by atoms with Gasteiger partial charge >= 0.3 is 0 Å². The summed E-state index contributed by atoms with van der Waals surface area (Å²) < 4.78 is 5.58. The molecule has 0 radical (unpaired) electrons. The van der Waals surface area contributed by atoms with E-state index in [2.05, 4.69) is 11.1 Å². The Morgan fingerprint density at radius 1 is 1.22 bits per heavy atom. The van der Waals surface area contributed by atoms with Crippen LogP contribution < -0.4 is 0 Å². The minimum atomic E-state index is -0.297. The van der Waals surface area contributed by atoms with Gasteiger partial charge in [0.05, 0.1) is 17.1 Å². The van der Waals surface area contributed by atoms with E-state index in [1.807, 2.05) is 43.5 Å².